The van der Waals surface area contributed by atoms with Crippen LogP contribution in [0.3, 0.4) is 0 Å². The van der Waals surface area contributed by atoms with E-state index in [-0.39, 0.29) is 12.0 Å². The lowest BCUT2D eigenvalue weighted by molar-refractivity contribution is -0.122. The summed E-state index contributed by atoms with van der Waals surface area (Å²) >= 11 is 6.80. The van der Waals surface area contributed by atoms with Gasteiger partial charge in [0.15, 0.2) is 0 Å². The van der Waals surface area contributed by atoms with Crippen molar-refractivity contribution >= 4 is 40.3 Å². The minimum atomic E-state index is -0.0806. The van der Waals surface area contributed by atoms with Crippen molar-refractivity contribution in [1.29, 1.82) is 0 Å². The Morgan fingerprint density at radius 1 is 1.28 bits per heavy atom. The number of benzene rings is 1. The molecule has 1 saturated heterocycles. The minimum absolute atomic E-state index is 0.0263. The van der Waals surface area contributed by atoms with Crippen molar-refractivity contribution < 1.29 is 9.53 Å². The molecular weight excluding hydrogens is 350 g/mol. The highest BCUT2D eigenvalue weighted by molar-refractivity contribution is 8.26. The first-order valence-electron chi connectivity index (χ1n) is 8.82. The van der Waals surface area contributed by atoms with Gasteiger partial charge in [0.05, 0.1) is 4.91 Å². The van der Waals surface area contributed by atoms with E-state index < -0.39 is 0 Å². The molecule has 3 nitrogen and oxygen atoms in total. The molecule has 0 N–H and O–H groups in total. The van der Waals surface area contributed by atoms with Crippen LogP contribution in [0, 0.1) is 0 Å². The number of rotatable bonds is 6. The molecule has 5 heteroatoms. The van der Waals surface area contributed by atoms with Gasteiger partial charge in [0.2, 0.25) is 0 Å². The average molecular weight is 374 g/mol. The second-order valence-electron chi connectivity index (χ2n) is 6.34. The average Bonchev–Trinajstić information content (AvgIpc) is 2.86. The van der Waals surface area contributed by atoms with E-state index in [1.807, 2.05) is 37.3 Å². The zero-order chi connectivity index (χ0) is 17.8. The molecule has 0 aromatic heterocycles. The Kier molecular flexibility index (Phi) is 5.97. The van der Waals surface area contributed by atoms with Crippen molar-refractivity contribution in [1.82, 2.24) is 4.90 Å². The summed E-state index contributed by atoms with van der Waals surface area (Å²) in [5.41, 5.74) is 2.05. The number of nitrogens with zero attached hydrogens (tertiary/aromatic N) is 1. The molecule has 0 saturated carbocycles. The Morgan fingerprint density at radius 3 is 2.88 bits per heavy atom. The van der Waals surface area contributed by atoms with E-state index in [0.29, 0.717) is 9.23 Å². The SMILES string of the molecule is CCCCCCN1C(=O)/C(=C/C2=Cc3ccccc3OC2C)SC1=S. The number of thioether (sulfide) groups is 1. The number of ether oxygens (including phenoxy) is 1. The van der Waals surface area contributed by atoms with Gasteiger partial charge in [-0.1, -0.05) is 68.4 Å². The quantitative estimate of drug-likeness (QED) is 0.391. The van der Waals surface area contributed by atoms with Gasteiger partial charge < -0.3 is 4.74 Å². The molecule has 1 unspecified atom stereocenters. The molecule has 1 atom stereocenters. The predicted molar refractivity (Wildman–Crippen MR) is 109 cm³/mol. The van der Waals surface area contributed by atoms with Crippen LogP contribution in [0.4, 0.5) is 0 Å². The third kappa shape index (κ3) is 4.15. The second kappa shape index (κ2) is 8.19. The Hall–Kier alpha value is -1.59. The van der Waals surface area contributed by atoms with E-state index in [1.54, 1.807) is 4.90 Å². The highest BCUT2D eigenvalue weighted by Crippen LogP contribution is 2.35. The fourth-order valence-electron chi connectivity index (χ4n) is 2.96. The summed E-state index contributed by atoms with van der Waals surface area (Å²) in [4.78, 5) is 15.1. The molecule has 0 bridgehead atoms. The molecular formula is C20H23NO2S2. The van der Waals surface area contributed by atoms with Crippen LogP contribution < -0.4 is 4.74 Å². The van der Waals surface area contributed by atoms with E-state index in [4.69, 9.17) is 17.0 Å². The zero-order valence-electron chi connectivity index (χ0n) is 14.7. The zero-order valence-corrected chi connectivity index (χ0v) is 16.3. The molecule has 2 aliphatic heterocycles. The number of thiocarbonyl (C=S) groups is 1. The molecule has 1 aromatic carbocycles. The summed E-state index contributed by atoms with van der Waals surface area (Å²) in [6.45, 7) is 4.90. The summed E-state index contributed by atoms with van der Waals surface area (Å²) in [6.07, 6.45) is 8.48. The first-order valence-corrected chi connectivity index (χ1v) is 10.0. The highest BCUT2D eigenvalue weighted by Gasteiger charge is 2.32. The van der Waals surface area contributed by atoms with Crippen LogP contribution in [0.5, 0.6) is 5.75 Å². The largest absolute Gasteiger partial charge is 0.485 e. The molecule has 2 heterocycles. The van der Waals surface area contributed by atoms with Crippen molar-refractivity contribution in [2.45, 2.75) is 45.6 Å². The van der Waals surface area contributed by atoms with Crippen molar-refractivity contribution in [3.63, 3.8) is 0 Å². The number of para-hydroxylation sites is 1. The lowest BCUT2D eigenvalue weighted by Crippen LogP contribution is -2.29. The Labute approximate surface area is 159 Å². The van der Waals surface area contributed by atoms with Gasteiger partial charge >= 0.3 is 0 Å². The fraction of sp³-hybridized carbons (Fsp3) is 0.400. The molecule has 0 spiro atoms. The molecule has 0 radical (unpaired) electrons. The fourth-order valence-corrected chi connectivity index (χ4v) is 4.27. The Bertz CT molecular complexity index is 739. The number of amides is 1. The van der Waals surface area contributed by atoms with Gasteiger partial charge in [-0.2, -0.15) is 0 Å². The Morgan fingerprint density at radius 2 is 2.08 bits per heavy atom. The van der Waals surface area contributed by atoms with E-state index in [9.17, 15) is 4.79 Å². The number of hydrogen-bond donors (Lipinski definition) is 0. The second-order valence-corrected chi connectivity index (χ2v) is 8.01. The van der Waals surface area contributed by atoms with Crippen LogP contribution in [0.15, 0.2) is 40.8 Å². The maximum atomic E-state index is 12.7. The van der Waals surface area contributed by atoms with E-state index in [0.717, 1.165) is 36.3 Å². The lowest BCUT2D eigenvalue weighted by atomic mass is 10.0. The van der Waals surface area contributed by atoms with Gasteiger partial charge in [-0.3, -0.25) is 9.69 Å². The van der Waals surface area contributed by atoms with Gasteiger partial charge in [-0.05, 0) is 37.1 Å². The summed E-state index contributed by atoms with van der Waals surface area (Å²) < 4.78 is 6.62. The van der Waals surface area contributed by atoms with Gasteiger partial charge in [-0.25, -0.2) is 0 Å². The van der Waals surface area contributed by atoms with Crippen molar-refractivity contribution in [2.75, 3.05) is 6.54 Å². The number of hydrogen-bond acceptors (Lipinski definition) is 4. The summed E-state index contributed by atoms with van der Waals surface area (Å²) in [6, 6.07) is 7.94. The lowest BCUT2D eigenvalue weighted by Gasteiger charge is -2.23. The van der Waals surface area contributed by atoms with Gasteiger partial charge in [0.1, 0.15) is 16.2 Å². The molecule has 1 amide bonds. The van der Waals surface area contributed by atoms with E-state index in [1.165, 1.54) is 24.6 Å². The van der Waals surface area contributed by atoms with E-state index >= 15 is 0 Å². The number of carbonyl (C=O) groups excluding carboxylic acids is 1. The maximum Gasteiger partial charge on any atom is 0.266 e. The summed E-state index contributed by atoms with van der Waals surface area (Å²) in [7, 11) is 0. The first-order chi connectivity index (χ1) is 12.1. The monoisotopic (exact) mass is 373 g/mol. The van der Waals surface area contributed by atoms with Crippen LogP contribution >= 0.6 is 24.0 Å². The third-order valence-electron chi connectivity index (χ3n) is 4.42. The van der Waals surface area contributed by atoms with Crippen molar-refractivity contribution in [3.05, 3.63) is 46.4 Å². The van der Waals surface area contributed by atoms with Gasteiger partial charge in [0.25, 0.3) is 5.91 Å². The van der Waals surface area contributed by atoms with Crippen LogP contribution in [-0.4, -0.2) is 27.8 Å². The number of carbonyl (C=O) groups is 1. The maximum absolute atomic E-state index is 12.7. The Balaban J connectivity index is 1.74. The minimum Gasteiger partial charge on any atom is -0.485 e. The molecule has 3 rings (SSSR count). The predicted octanol–water partition coefficient (Wildman–Crippen LogP) is 5.18. The smallest absolute Gasteiger partial charge is 0.266 e. The summed E-state index contributed by atoms with van der Waals surface area (Å²) in [5, 5.41) is 0. The standard InChI is InChI=1S/C20H23NO2S2/c1-3-4-5-8-11-21-19(22)18(25-20(21)24)13-16-12-15-9-6-7-10-17(15)23-14(16)2/h6-7,9-10,12-14H,3-5,8,11H2,1-2H3/b18-13-. The van der Waals surface area contributed by atoms with Crippen molar-refractivity contribution in [3.8, 4) is 5.75 Å². The van der Waals surface area contributed by atoms with Gasteiger partial charge in [-0.15, -0.1) is 0 Å². The first kappa shape index (κ1) is 18.2. The van der Waals surface area contributed by atoms with Gasteiger partial charge in [0, 0.05) is 12.1 Å². The number of unbranched alkanes of at least 4 members (excludes halogenated alkanes) is 3. The van der Waals surface area contributed by atoms with Crippen LogP contribution in [0.2, 0.25) is 0 Å². The molecule has 0 aliphatic carbocycles. The highest BCUT2D eigenvalue weighted by atomic mass is 32.2. The summed E-state index contributed by atoms with van der Waals surface area (Å²) in [5.74, 6) is 0.911. The van der Waals surface area contributed by atoms with Crippen LogP contribution in [-0.2, 0) is 4.79 Å². The topological polar surface area (TPSA) is 29.5 Å². The van der Waals surface area contributed by atoms with Crippen LogP contribution in [0.1, 0.15) is 45.1 Å². The molecule has 1 aromatic rings. The molecule has 1 fully saturated rings. The number of fused-ring (bicyclic) bond motifs is 1. The molecule has 132 valence electrons. The van der Waals surface area contributed by atoms with E-state index in [2.05, 4.69) is 13.0 Å². The molecule has 25 heavy (non-hydrogen) atoms. The third-order valence-corrected chi connectivity index (χ3v) is 5.80. The van der Waals surface area contributed by atoms with Crippen LogP contribution in [0.25, 0.3) is 6.08 Å². The van der Waals surface area contributed by atoms with Crippen molar-refractivity contribution in [2.24, 2.45) is 0 Å². The normalized spacial score (nSPS) is 21.4. The molecule has 2 aliphatic rings.